The van der Waals surface area contributed by atoms with E-state index < -0.39 is 5.97 Å². The number of aldehydes is 1. The molecule has 1 atom stereocenters. The predicted octanol–water partition coefficient (Wildman–Crippen LogP) is 5.39. The number of halogens is 2. The van der Waals surface area contributed by atoms with Crippen molar-refractivity contribution in [2.75, 3.05) is 19.7 Å². The van der Waals surface area contributed by atoms with Crippen molar-refractivity contribution in [2.24, 2.45) is 5.92 Å². The molecule has 174 valence electrons. The number of carboxylic acids is 1. The summed E-state index contributed by atoms with van der Waals surface area (Å²) in [6.45, 7) is 7.14. The normalized spacial score (nSPS) is 14.6. The summed E-state index contributed by atoms with van der Waals surface area (Å²) < 4.78 is 5.59. The second kappa shape index (κ2) is 14.5. The minimum Gasteiger partial charge on any atom is -0.493 e. The van der Waals surface area contributed by atoms with Gasteiger partial charge in [-0.2, -0.15) is 0 Å². The summed E-state index contributed by atoms with van der Waals surface area (Å²) in [5.74, 6) is -0.207. The van der Waals surface area contributed by atoms with Crippen molar-refractivity contribution in [3.05, 3.63) is 63.6 Å². The third-order valence-electron chi connectivity index (χ3n) is 4.52. The van der Waals surface area contributed by atoms with Gasteiger partial charge in [-0.25, -0.2) is 4.79 Å². The van der Waals surface area contributed by atoms with Gasteiger partial charge < -0.3 is 19.5 Å². The fourth-order valence-electron chi connectivity index (χ4n) is 2.94. The van der Waals surface area contributed by atoms with Crippen LogP contribution in [-0.4, -0.2) is 47.9 Å². The van der Waals surface area contributed by atoms with Gasteiger partial charge in [0.05, 0.1) is 18.7 Å². The number of carbonyl (C=O) groups is 3. The van der Waals surface area contributed by atoms with Gasteiger partial charge >= 0.3 is 5.97 Å². The van der Waals surface area contributed by atoms with Crippen LogP contribution in [0.15, 0.2) is 42.5 Å². The van der Waals surface area contributed by atoms with Crippen molar-refractivity contribution >= 4 is 41.4 Å². The number of ether oxygens (including phenoxy) is 1. The molecule has 6 nitrogen and oxygen atoms in total. The quantitative estimate of drug-likeness (QED) is 0.535. The molecule has 32 heavy (non-hydrogen) atoms. The lowest BCUT2D eigenvalue weighted by molar-refractivity contribution is -0.129. The van der Waals surface area contributed by atoms with Gasteiger partial charge in [0.15, 0.2) is 0 Å². The van der Waals surface area contributed by atoms with E-state index in [9.17, 15) is 14.4 Å². The van der Waals surface area contributed by atoms with Crippen LogP contribution >= 0.6 is 23.2 Å². The number of hydrogen-bond acceptors (Lipinski definition) is 4. The fourth-order valence-corrected chi connectivity index (χ4v) is 3.45. The number of aryl methyl sites for hydroxylation is 1. The van der Waals surface area contributed by atoms with Gasteiger partial charge in [-0.05, 0) is 42.3 Å². The van der Waals surface area contributed by atoms with E-state index in [0.29, 0.717) is 40.9 Å². The molecule has 0 aromatic heterocycles. The summed E-state index contributed by atoms with van der Waals surface area (Å²) in [6.07, 6.45) is 2.08. The maximum atomic E-state index is 11.6. The molecule has 0 saturated carbocycles. The highest BCUT2D eigenvalue weighted by Crippen LogP contribution is 2.25. The maximum Gasteiger partial charge on any atom is 0.335 e. The molecule has 2 aromatic carbocycles. The lowest BCUT2D eigenvalue weighted by atomic mass is 10.1. The highest BCUT2D eigenvalue weighted by molar-refractivity contribution is 6.34. The zero-order valence-corrected chi connectivity index (χ0v) is 20.0. The zero-order valence-electron chi connectivity index (χ0n) is 18.5. The van der Waals surface area contributed by atoms with E-state index in [1.165, 1.54) is 4.90 Å². The Morgan fingerprint density at radius 1 is 1.16 bits per heavy atom. The summed E-state index contributed by atoms with van der Waals surface area (Å²) in [7, 11) is 0. The molecule has 1 aliphatic heterocycles. The molecule has 0 radical (unpaired) electrons. The van der Waals surface area contributed by atoms with Crippen LogP contribution in [0.2, 0.25) is 10.0 Å². The Labute approximate surface area is 199 Å². The van der Waals surface area contributed by atoms with Crippen molar-refractivity contribution in [1.29, 1.82) is 0 Å². The van der Waals surface area contributed by atoms with Crippen molar-refractivity contribution in [3.8, 4) is 5.75 Å². The minimum absolute atomic E-state index is 0.00942. The molecule has 0 aliphatic carbocycles. The number of hydrogen-bond donors (Lipinski definition) is 1. The summed E-state index contributed by atoms with van der Waals surface area (Å²) in [5, 5.41) is 9.56. The first kappa shape index (κ1) is 27.5. The van der Waals surface area contributed by atoms with E-state index in [0.717, 1.165) is 18.3 Å². The van der Waals surface area contributed by atoms with Gasteiger partial charge in [0.1, 0.15) is 12.0 Å². The largest absolute Gasteiger partial charge is 0.493 e. The summed E-state index contributed by atoms with van der Waals surface area (Å²) in [4.78, 5) is 33.9. The van der Waals surface area contributed by atoms with Gasteiger partial charge in [-0.1, -0.05) is 56.1 Å². The van der Waals surface area contributed by atoms with Crippen LogP contribution in [0.4, 0.5) is 0 Å². The molecular weight excluding hydrogens is 453 g/mol. The predicted molar refractivity (Wildman–Crippen MR) is 127 cm³/mol. The van der Waals surface area contributed by atoms with Crippen LogP contribution in [0.25, 0.3) is 0 Å². The van der Waals surface area contributed by atoms with Crippen molar-refractivity contribution in [2.45, 2.75) is 33.6 Å². The number of aromatic carboxylic acids is 1. The standard InChI is InChI=1S/C13H13Cl2NO3.C9H10O2.C2H6/c14-10-4-11(15)6-12(5-10)19-8-9-3-13(18)16(7-9)1-2-17;1-2-7-3-5-8(6-4-7)9(10)11;1-2/h2,4-6,9H,1,3,7-8H2;3-6H,2H2,1H3,(H,10,11);1-2H3/t9-;;/m1../s1. The third-order valence-corrected chi connectivity index (χ3v) is 4.96. The average Bonchev–Trinajstić information content (AvgIpc) is 3.13. The molecule has 8 heteroatoms. The van der Waals surface area contributed by atoms with E-state index in [1.54, 1.807) is 30.3 Å². The summed E-state index contributed by atoms with van der Waals surface area (Å²) in [6, 6.07) is 11.9. The monoisotopic (exact) mass is 481 g/mol. The molecule has 1 aliphatic rings. The molecular formula is C24H29Cl2NO5. The topological polar surface area (TPSA) is 83.9 Å². The minimum atomic E-state index is -0.868. The summed E-state index contributed by atoms with van der Waals surface area (Å²) in [5.41, 5.74) is 1.51. The number of nitrogens with zero attached hydrogens (tertiary/aromatic N) is 1. The molecule has 1 heterocycles. The molecule has 3 rings (SSSR count). The van der Waals surface area contributed by atoms with Crippen LogP contribution in [0, 0.1) is 5.92 Å². The van der Waals surface area contributed by atoms with Gasteiger partial charge in [-0.3, -0.25) is 4.79 Å². The maximum absolute atomic E-state index is 11.6. The molecule has 1 amide bonds. The Balaban J connectivity index is 0.000000335. The molecule has 1 N–H and O–H groups in total. The highest BCUT2D eigenvalue weighted by atomic mass is 35.5. The lowest BCUT2D eigenvalue weighted by Crippen LogP contribution is -2.27. The molecule has 1 saturated heterocycles. The first-order chi connectivity index (χ1) is 15.3. The first-order valence-corrected chi connectivity index (χ1v) is 11.2. The van der Waals surface area contributed by atoms with Gasteiger partial charge in [0.2, 0.25) is 5.91 Å². The number of carbonyl (C=O) groups excluding carboxylic acids is 2. The Morgan fingerprint density at radius 2 is 1.75 bits per heavy atom. The summed E-state index contributed by atoms with van der Waals surface area (Å²) >= 11 is 11.7. The number of likely N-dealkylation sites (tertiary alicyclic amines) is 1. The average molecular weight is 482 g/mol. The van der Waals surface area contributed by atoms with Gasteiger partial charge in [-0.15, -0.1) is 0 Å². The molecule has 0 bridgehead atoms. The smallest absolute Gasteiger partial charge is 0.335 e. The Kier molecular flexibility index (Phi) is 12.4. The number of carboxylic acid groups (broad SMARTS) is 1. The van der Waals surface area contributed by atoms with Crippen molar-refractivity contribution in [3.63, 3.8) is 0 Å². The van der Waals surface area contributed by atoms with Crippen molar-refractivity contribution in [1.82, 2.24) is 4.90 Å². The second-order valence-electron chi connectivity index (χ2n) is 6.81. The Hall–Kier alpha value is -2.57. The van der Waals surface area contributed by atoms with E-state index in [1.807, 2.05) is 32.9 Å². The fraction of sp³-hybridized carbons (Fsp3) is 0.375. The van der Waals surface area contributed by atoms with E-state index in [-0.39, 0.29) is 18.4 Å². The number of benzene rings is 2. The molecule has 1 fully saturated rings. The zero-order chi connectivity index (χ0) is 24.1. The van der Waals surface area contributed by atoms with Gasteiger partial charge in [0, 0.05) is 28.9 Å². The lowest BCUT2D eigenvalue weighted by Gasteiger charge is -2.14. The Bertz CT molecular complexity index is 866. The molecule has 0 spiro atoms. The van der Waals surface area contributed by atoms with Crippen molar-refractivity contribution < 1.29 is 24.2 Å². The Morgan fingerprint density at radius 3 is 2.25 bits per heavy atom. The van der Waals surface area contributed by atoms with Crippen LogP contribution < -0.4 is 4.74 Å². The first-order valence-electron chi connectivity index (χ1n) is 10.4. The molecule has 0 unspecified atom stereocenters. The van der Waals surface area contributed by atoms with Crippen LogP contribution in [0.5, 0.6) is 5.75 Å². The second-order valence-corrected chi connectivity index (χ2v) is 7.68. The van der Waals surface area contributed by atoms with E-state index in [2.05, 4.69) is 0 Å². The number of rotatable bonds is 7. The third kappa shape index (κ3) is 9.28. The van der Waals surface area contributed by atoms with Crippen LogP contribution in [0.3, 0.4) is 0 Å². The van der Waals surface area contributed by atoms with Crippen LogP contribution in [-0.2, 0) is 16.0 Å². The van der Waals surface area contributed by atoms with Gasteiger partial charge in [0.25, 0.3) is 0 Å². The van der Waals surface area contributed by atoms with E-state index in [4.69, 9.17) is 33.0 Å². The van der Waals surface area contributed by atoms with Crippen LogP contribution in [0.1, 0.15) is 43.1 Å². The molecule has 2 aromatic rings. The SMILES string of the molecule is CC.CCc1ccc(C(=O)O)cc1.O=CCN1C[C@H](COc2cc(Cl)cc(Cl)c2)CC1=O. The number of amides is 1. The highest BCUT2D eigenvalue weighted by Gasteiger charge is 2.29. The van der Waals surface area contributed by atoms with E-state index >= 15 is 0 Å².